The molecule has 1 N–H and O–H groups in total. The fraction of sp³-hybridized carbons (Fsp3) is 0.400. The number of hydrogen-bond donors (Lipinski definition) is 1. The molecule has 2 aromatic rings. The van der Waals surface area contributed by atoms with Gasteiger partial charge in [-0.3, -0.25) is 4.55 Å². The first-order chi connectivity index (χ1) is 12.4. The summed E-state index contributed by atoms with van der Waals surface area (Å²) in [6.45, 7) is 2.18. The third-order valence-corrected chi connectivity index (χ3v) is 5.01. The molecule has 0 atom stereocenters. The van der Waals surface area contributed by atoms with E-state index in [-0.39, 0.29) is 51.7 Å². The summed E-state index contributed by atoms with van der Waals surface area (Å²) in [5.74, 6) is 0.0773. The molecular weight excluding hydrogens is 375 g/mol. The quantitative estimate of drug-likeness (QED) is 0.373. The van der Waals surface area contributed by atoms with Crippen molar-refractivity contribution in [1.29, 1.82) is 0 Å². The van der Waals surface area contributed by atoms with E-state index in [0.29, 0.717) is 0 Å². The monoisotopic (exact) mass is 400 g/mol. The summed E-state index contributed by atoms with van der Waals surface area (Å²) < 4.78 is 37.8. The van der Waals surface area contributed by atoms with Crippen LogP contribution in [0, 0.1) is 0 Å². The third kappa shape index (κ3) is 8.23. The first-order valence-corrected chi connectivity index (χ1v) is 10.4. The average molecular weight is 400 g/mol. The Kier molecular flexibility index (Phi) is 10.4. The second-order valence-electron chi connectivity index (χ2n) is 6.35. The predicted molar refractivity (Wildman–Crippen MR) is 99.3 cm³/mol. The van der Waals surface area contributed by atoms with E-state index in [1.54, 1.807) is 18.2 Å². The van der Waals surface area contributed by atoms with Crippen molar-refractivity contribution < 1.29 is 52.4 Å². The molecule has 5 nitrogen and oxygen atoms in total. The maximum atomic E-state index is 11.9. The van der Waals surface area contributed by atoms with Gasteiger partial charge in [-0.1, -0.05) is 57.2 Å². The largest absolute Gasteiger partial charge is 1.00 e. The minimum Gasteiger partial charge on any atom is -0.872 e. The van der Waals surface area contributed by atoms with Crippen LogP contribution in [0.25, 0.3) is 0 Å². The maximum Gasteiger partial charge on any atom is 1.00 e. The SMILES string of the molecule is CCCCCCCCc1cc([O-])cc(Oc2ccccc2S(=O)(=O)O)c1.[Na+]. The molecule has 0 fully saturated rings. The molecule has 0 aliphatic carbocycles. The zero-order chi connectivity index (χ0) is 19.0. The summed E-state index contributed by atoms with van der Waals surface area (Å²) in [6, 6.07) is 10.4. The standard InChI is InChI=1S/C20H26O5S.Na/c1-2-3-4-5-6-7-10-16-13-17(21)15-18(14-16)25-19-11-8-9-12-20(19)26(22,23)24;/h8-9,11-15,21H,2-7,10H2,1H3,(H,22,23,24);/q;+1/p-1. The van der Waals surface area contributed by atoms with Crippen LogP contribution >= 0.6 is 0 Å². The molecule has 0 aliphatic rings. The fourth-order valence-electron chi connectivity index (χ4n) is 2.82. The predicted octanol–water partition coefficient (Wildman–Crippen LogP) is 1.71. The van der Waals surface area contributed by atoms with Gasteiger partial charge in [-0.2, -0.15) is 8.42 Å². The zero-order valence-electron chi connectivity index (χ0n) is 16.0. The Labute approximate surface area is 183 Å². The number of rotatable bonds is 10. The molecule has 2 rings (SSSR count). The van der Waals surface area contributed by atoms with E-state index in [1.165, 1.54) is 49.9 Å². The van der Waals surface area contributed by atoms with E-state index in [0.717, 1.165) is 24.8 Å². The molecule has 0 heterocycles. The number of para-hydroxylation sites is 1. The van der Waals surface area contributed by atoms with Crippen LogP contribution < -0.4 is 39.4 Å². The van der Waals surface area contributed by atoms with Gasteiger partial charge < -0.3 is 9.84 Å². The molecule has 0 aliphatic heterocycles. The first-order valence-electron chi connectivity index (χ1n) is 8.95. The minimum absolute atomic E-state index is 0. The second kappa shape index (κ2) is 11.7. The molecular formula is C20H25NaO5S. The number of unbranched alkanes of at least 4 members (excludes halogenated alkanes) is 5. The van der Waals surface area contributed by atoms with Crippen LogP contribution in [0.4, 0.5) is 0 Å². The van der Waals surface area contributed by atoms with Crippen molar-refractivity contribution in [3.63, 3.8) is 0 Å². The molecule has 0 bridgehead atoms. The van der Waals surface area contributed by atoms with Gasteiger partial charge in [-0.05, 0) is 42.7 Å². The van der Waals surface area contributed by atoms with E-state index >= 15 is 0 Å². The summed E-state index contributed by atoms with van der Waals surface area (Å²) in [7, 11) is -4.40. The Morgan fingerprint density at radius 3 is 2.37 bits per heavy atom. The fourth-order valence-corrected chi connectivity index (χ4v) is 3.43. The van der Waals surface area contributed by atoms with Gasteiger partial charge in [0.1, 0.15) is 16.4 Å². The van der Waals surface area contributed by atoms with Crippen molar-refractivity contribution in [1.82, 2.24) is 0 Å². The van der Waals surface area contributed by atoms with Gasteiger partial charge in [0, 0.05) is 0 Å². The molecule has 0 unspecified atom stereocenters. The van der Waals surface area contributed by atoms with E-state index in [4.69, 9.17) is 4.74 Å². The topological polar surface area (TPSA) is 86.7 Å². The van der Waals surface area contributed by atoms with Gasteiger partial charge in [0.2, 0.25) is 0 Å². The number of benzene rings is 2. The molecule has 0 saturated heterocycles. The van der Waals surface area contributed by atoms with Crippen molar-refractivity contribution in [2.24, 2.45) is 0 Å². The molecule has 0 spiro atoms. The normalized spacial score (nSPS) is 11.0. The molecule has 27 heavy (non-hydrogen) atoms. The van der Waals surface area contributed by atoms with Gasteiger partial charge in [0.25, 0.3) is 10.1 Å². The van der Waals surface area contributed by atoms with Crippen LogP contribution in [0.15, 0.2) is 47.4 Å². The van der Waals surface area contributed by atoms with Gasteiger partial charge in [0.05, 0.1) is 0 Å². The molecule has 0 amide bonds. The number of hydrogen-bond acceptors (Lipinski definition) is 4. The Morgan fingerprint density at radius 2 is 1.67 bits per heavy atom. The number of aryl methyl sites for hydroxylation is 1. The Hall–Kier alpha value is -1.05. The van der Waals surface area contributed by atoms with Crippen LogP contribution in [-0.4, -0.2) is 13.0 Å². The smallest absolute Gasteiger partial charge is 0.872 e. The van der Waals surface area contributed by atoms with Crippen LogP contribution in [-0.2, 0) is 16.5 Å². The molecule has 142 valence electrons. The van der Waals surface area contributed by atoms with Gasteiger partial charge in [0.15, 0.2) is 0 Å². The Bertz CT molecular complexity index is 821. The maximum absolute atomic E-state index is 11.9. The van der Waals surface area contributed by atoms with Crippen LogP contribution in [0.3, 0.4) is 0 Å². The summed E-state index contributed by atoms with van der Waals surface area (Å²) in [6.07, 6.45) is 7.78. The van der Waals surface area contributed by atoms with E-state index in [1.807, 2.05) is 0 Å². The average Bonchev–Trinajstić information content (AvgIpc) is 2.57. The second-order valence-corrected chi connectivity index (χ2v) is 7.74. The molecule has 0 aromatic heterocycles. The summed E-state index contributed by atoms with van der Waals surface area (Å²) in [5, 5.41) is 11.9. The number of ether oxygens (including phenoxy) is 1. The van der Waals surface area contributed by atoms with Crippen LogP contribution in [0.1, 0.15) is 51.0 Å². The van der Waals surface area contributed by atoms with Gasteiger partial charge >= 0.3 is 29.6 Å². The summed E-state index contributed by atoms with van der Waals surface area (Å²) in [4.78, 5) is -0.325. The van der Waals surface area contributed by atoms with Crippen LogP contribution in [0.5, 0.6) is 17.2 Å². The van der Waals surface area contributed by atoms with E-state index in [2.05, 4.69) is 6.92 Å². The minimum atomic E-state index is -4.40. The first kappa shape index (κ1) is 24.0. The molecule has 2 aromatic carbocycles. The van der Waals surface area contributed by atoms with Crippen molar-refractivity contribution in [2.75, 3.05) is 0 Å². The molecule has 7 heteroatoms. The third-order valence-electron chi connectivity index (χ3n) is 4.11. The van der Waals surface area contributed by atoms with Gasteiger partial charge in [-0.25, -0.2) is 0 Å². The van der Waals surface area contributed by atoms with Crippen LogP contribution in [0.2, 0.25) is 0 Å². The zero-order valence-corrected chi connectivity index (χ0v) is 18.8. The Balaban J connectivity index is 0.00000364. The summed E-state index contributed by atoms with van der Waals surface area (Å²) in [5.41, 5.74) is 0.868. The van der Waals surface area contributed by atoms with Crippen molar-refractivity contribution in [2.45, 2.75) is 56.8 Å². The van der Waals surface area contributed by atoms with E-state index < -0.39 is 10.1 Å². The van der Waals surface area contributed by atoms with Gasteiger partial charge in [-0.15, -0.1) is 5.75 Å². The van der Waals surface area contributed by atoms with Crippen molar-refractivity contribution in [3.05, 3.63) is 48.0 Å². The Morgan fingerprint density at radius 1 is 1.00 bits per heavy atom. The summed E-state index contributed by atoms with van der Waals surface area (Å²) >= 11 is 0. The molecule has 0 radical (unpaired) electrons. The van der Waals surface area contributed by atoms with Crippen molar-refractivity contribution >= 4 is 10.1 Å². The molecule has 0 saturated carbocycles. The van der Waals surface area contributed by atoms with Crippen molar-refractivity contribution in [3.8, 4) is 17.2 Å². The van der Waals surface area contributed by atoms with E-state index in [9.17, 15) is 18.1 Å².